The largest absolute Gasteiger partial charge is 0.299 e. The van der Waals surface area contributed by atoms with Gasteiger partial charge in [-0.1, -0.05) is 26.0 Å². The number of nitro benzene ring substituents is 1. The first-order chi connectivity index (χ1) is 8.70. The van der Waals surface area contributed by atoms with Crippen LogP contribution in [0.5, 0.6) is 0 Å². The number of carbonyl (C=O) groups is 1. The number of hydrogen-bond acceptors (Lipinski definition) is 5. The van der Waals surface area contributed by atoms with Crippen LogP contribution in [0, 0.1) is 10.1 Å². The zero-order valence-corrected chi connectivity index (χ0v) is 11.7. The van der Waals surface area contributed by atoms with Gasteiger partial charge in [0, 0.05) is 24.2 Å². The van der Waals surface area contributed by atoms with E-state index in [4.69, 9.17) is 0 Å². The number of para-hydroxylation sites is 1. The fraction of sp³-hybridized carbons (Fsp3) is 0.417. The van der Waals surface area contributed by atoms with Crippen molar-refractivity contribution in [2.45, 2.75) is 31.1 Å². The summed E-state index contributed by atoms with van der Waals surface area (Å²) in [7, 11) is -3.72. The molecule has 0 aliphatic heterocycles. The molecule has 0 saturated heterocycles. The maximum Gasteiger partial charge on any atom is 0.291 e. The zero-order valence-electron chi connectivity index (χ0n) is 10.9. The van der Waals surface area contributed by atoms with Crippen molar-refractivity contribution in [2.24, 2.45) is 0 Å². The van der Waals surface area contributed by atoms with E-state index in [-0.39, 0.29) is 22.7 Å². The van der Waals surface area contributed by atoms with Crippen molar-refractivity contribution >= 4 is 21.3 Å². The van der Waals surface area contributed by atoms with Gasteiger partial charge in [-0.2, -0.15) is 0 Å². The van der Waals surface area contributed by atoms with Gasteiger partial charge < -0.3 is 0 Å². The van der Waals surface area contributed by atoms with Gasteiger partial charge >= 0.3 is 0 Å². The third-order valence-corrected chi connectivity index (χ3v) is 4.04. The molecule has 0 saturated carbocycles. The van der Waals surface area contributed by atoms with Gasteiger partial charge in [-0.05, 0) is 6.07 Å². The van der Waals surface area contributed by atoms with E-state index in [0.717, 1.165) is 6.26 Å². The van der Waals surface area contributed by atoms with Gasteiger partial charge in [0.1, 0.15) is 10.7 Å². The molecule has 1 aromatic rings. The summed E-state index contributed by atoms with van der Waals surface area (Å²) in [6.45, 7) is 3.20. The number of benzene rings is 1. The maximum absolute atomic E-state index is 11.7. The Balaban J connectivity index is 3.59. The Hall–Kier alpha value is -1.76. The van der Waals surface area contributed by atoms with E-state index in [1.807, 2.05) is 0 Å². The minimum atomic E-state index is -3.72. The van der Waals surface area contributed by atoms with E-state index in [2.05, 4.69) is 0 Å². The summed E-state index contributed by atoms with van der Waals surface area (Å²) in [5.41, 5.74) is -0.362. The van der Waals surface area contributed by atoms with Crippen LogP contribution >= 0.6 is 0 Å². The summed E-state index contributed by atoms with van der Waals surface area (Å²) < 4.78 is 23.2. The molecule has 0 aromatic heterocycles. The lowest BCUT2D eigenvalue weighted by atomic mass is 9.94. The van der Waals surface area contributed by atoms with Crippen molar-refractivity contribution in [3.63, 3.8) is 0 Å². The molecule has 0 fully saturated rings. The third-order valence-electron chi connectivity index (χ3n) is 2.91. The monoisotopic (exact) mass is 285 g/mol. The highest BCUT2D eigenvalue weighted by Crippen LogP contribution is 2.33. The van der Waals surface area contributed by atoms with Gasteiger partial charge in [-0.15, -0.1) is 0 Å². The smallest absolute Gasteiger partial charge is 0.291 e. The van der Waals surface area contributed by atoms with Crippen molar-refractivity contribution in [1.82, 2.24) is 0 Å². The molecule has 1 atom stereocenters. The molecular formula is C12H15NO5S. The molecule has 104 valence electrons. The van der Waals surface area contributed by atoms with E-state index in [1.54, 1.807) is 13.8 Å². The highest BCUT2D eigenvalue weighted by atomic mass is 32.2. The summed E-state index contributed by atoms with van der Waals surface area (Å²) in [4.78, 5) is 21.7. The summed E-state index contributed by atoms with van der Waals surface area (Å²) in [6.07, 6.45) is 1.15. The molecule has 6 nitrogen and oxygen atoms in total. The summed E-state index contributed by atoms with van der Waals surface area (Å²) >= 11 is 0. The molecule has 7 heteroatoms. The van der Waals surface area contributed by atoms with Crippen LogP contribution in [0.1, 0.15) is 31.7 Å². The van der Waals surface area contributed by atoms with Crippen LogP contribution in [-0.4, -0.2) is 25.4 Å². The van der Waals surface area contributed by atoms with Crippen molar-refractivity contribution in [1.29, 1.82) is 0 Å². The molecule has 1 aromatic carbocycles. The molecular weight excluding hydrogens is 270 g/mol. The first-order valence-electron chi connectivity index (χ1n) is 5.70. The van der Waals surface area contributed by atoms with E-state index in [0.29, 0.717) is 0 Å². The number of ketones is 1. The Bertz CT molecular complexity index is 621. The molecule has 1 rings (SSSR count). The quantitative estimate of drug-likeness (QED) is 0.609. The van der Waals surface area contributed by atoms with Crippen LogP contribution in [0.25, 0.3) is 0 Å². The topological polar surface area (TPSA) is 94.3 Å². The molecule has 1 unspecified atom stereocenters. The molecule has 0 spiro atoms. The average molecular weight is 285 g/mol. The van der Waals surface area contributed by atoms with Crippen molar-refractivity contribution in [2.75, 3.05) is 6.26 Å². The van der Waals surface area contributed by atoms with Crippen LogP contribution < -0.4 is 0 Å². The standard InChI is InChI=1S/C12H15NO5S/c1-4-10(14)8(2)9-6-5-7-11(19(3,17)18)12(9)13(15)16/h5-8H,4H2,1-3H3. The van der Waals surface area contributed by atoms with E-state index >= 15 is 0 Å². The van der Waals surface area contributed by atoms with Gasteiger partial charge in [-0.25, -0.2) is 8.42 Å². The molecule has 0 radical (unpaired) electrons. The van der Waals surface area contributed by atoms with Gasteiger partial charge in [0.05, 0.1) is 4.92 Å². The molecule has 0 aliphatic carbocycles. The van der Waals surface area contributed by atoms with Crippen LogP contribution in [0.2, 0.25) is 0 Å². The first-order valence-corrected chi connectivity index (χ1v) is 7.59. The number of hydrogen-bond donors (Lipinski definition) is 0. The normalized spacial score (nSPS) is 13.0. The number of sulfone groups is 1. The summed E-state index contributed by atoms with van der Waals surface area (Å²) in [6, 6.07) is 4.02. The fourth-order valence-electron chi connectivity index (χ4n) is 1.86. The van der Waals surface area contributed by atoms with Gasteiger partial charge in [0.15, 0.2) is 9.84 Å². The predicted molar refractivity (Wildman–Crippen MR) is 69.9 cm³/mol. The number of nitrogens with zero attached hydrogens (tertiary/aromatic N) is 1. The summed E-state index contributed by atoms with van der Waals surface area (Å²) in [5.74, 6) is -0.874. The SMILES string of the molecule is CCC(=O)C(C)c1cccc(S(C)(=O)=O)c1[N+](=O)[O-]. The Morgan fingerprint density at radius 1 is 1.42 bits per heavy atom. The predicted octanol–water partition coefficient (Wildman–Crippen LogP) is 2.08. The molecule has 0 bridgehead atoms. The number of carbonyl (C=O) groups excluding carboxylic acids is 1. The van der Waals surface area contributed by atoms with E-state index in [9.17, 15) is 23.3 Å². The van der Waals surface area contributed by atoms with Crippen molar-refractivity contribution < 1.29 is 18.1 Å². The maximum atomic E-state index is 11.7. The number of rotatable bonds is 5. The van der Waals surface area contributed by atoms with Crippen LogP contribution in [0.3, 0.4) is 0 Å². The Kier molecular flexibility index (Phi) is 4.41. The highest BCUT2D eigenvalue weighted by molar-refractivity contribution is 7.90. The molecule has 0 amide bonds. The fourth-order valence-corrected chi connectivity index (χ4v) is 2.73. The second-order valence-corrected chi connectivity index (χ2v) is 6.25. The highest BCUT2D eigenvalue weighted by Gasteiger charge is 2.30. The average Bonchev–Trinajstić information content (AvgIpc) is 2.34. The van der Waals surface area contributed by atoms with Crippen LogP contribution in [0.15, 0.2) is 23.1 Å². The minimum Gasteiger partial charge on any atom is -0.299 e. The Labute approximate surface area is 111 Å². The molecule has 0 aliphatic rings. The van der Waals surface area contributed by atoms with Gasteiger partial charge in [0.2, 0.25) is 0 Å². The van der Waals surface area contributed by atoms with Gasteiger partial charge in [-0.3, -0.25) is 14.9 Å². The van der Waals surface area contributed by atoms with Crippen LogP contribution in [0.4, 0.5) is 5.69 Å². The lowest BCUT2D eigenvalue weighted by Crippen LogP contribution is -2.12. The van der Waals surface area contributed by atoms with Gasteiger partial charge in [0.25, 0.3) is 5.69 Å². The third kappa shape index (κ3) is 3.17. The molecule has 0 N–H and O–H groups in total. The van der Waals surface area contributed by atoms with Crippen molar-refractivity contribution in [3.8, 4) is 0 Å². The second-order valence-electron chi connectivity index (χ2n) is 4.26. The number of nitro groups is 1. The van der Waals surface area contributed by atoms with Crippen molar-refractivity contribution in [3.05, 3.63) is 33.9 Å². The van der Waals surface area contributed by atoms with E-state index < -0.39 is 26.4 Å². The zero-order chi connectivity index (χ0) is 14.8. The minimum absolute atomic E-state index is 0.139. The lowest BCUT2D eigenvalue weighted by Gasteiger charge is -2.12. The molecule has 0 heterocycles. The summed E-state index contributed by atoms with van der Waals surface area (Å²) in [5, 5.41) is 11.1. The molecule has 19 heavy (non-hydrogen) atoms. The lowest BCUT2D eigenvalue weighted by molar-refractivity contribution is -0.388. The Morgan fingerprint density at radius 3 is 2.42 bits per heavy atom. The first kappa shape index (κ1) is 15.3. The second kappa shape index (κ2) is 5.48. The Morgan fingerprint density at radius 2 is 2.00 bits per heavy atom. The van der Waals surface area contributed by atoms with E-state index in [1.165, 1.54) is 18.2 Å². The number of Topliss-reactive ketones (excluding diaryl/α,β-unsaturated/α-hetero) is 1. The van der Waals surface area contributed by atoms with Crippen LogP contribution in [-0.2, 0) is 14.6 Å².